The molecule has 0 amide bonds. The van der Waals surface area contributed by atoms with E-state index in [0.717, 1.165) is 25.8 Å². The van der Waals surface area contributed by atoms with Crippen molar-refractivity contribution in [2.45, 2.75) is 38.2 Å². The summed E-state index contributed by atoms with van der Waals surface area (Å²) in [5.74, 6) is 0.726. The van der Waals surface area contributed by atoms with E-state index in [1.54, 1.807) is 0 Å². The van der Waals surface area contributed by atoms with Gasteiger partial charge in [-0.15, -0.1) is 0 Å². The van der Waals surface area contributed by atoms with Crippen LogP contribution in [-0.2, 0) is 4.79 Å². The monoisotopic (exact) mass is 197 g/mol. The molecule has 1 N–H and O–H groups in total. The van der Waals surface area contributed by atoms with Gasteiger partial charge in [0.15, 0.2) is 0 Å². The van der Waals surface area contributed by atoms with Gasteiger partial charge in [0.2, 0.25) is 0 Å². The first-order chi connectivity index (χ1) is 6.75. The van der Waals surface area contributed by atoms with E-state index >= 15 is 0 Å². The van der Waals surface area contributed by atoms with Gasteiger partial charge in [-0.2, -0.15) is 0 Å². The maximum absolute atomic E-state index is 11.8. The van der Waals surface area contributed by atoms with E-state index in [9.17, 15) is 9.90 Å². The zero-order chi connectivity index (χ0) is 9.97. The molecule has 14 heavy (non-hydrogen) atoms. The summed E-state index contributed by atoms with van der Waals surface area (Å²) in [6, 6.07) is 0. The summed E-state index contributed by atoms with van der Waals surface area (Å²) in [5, 5.41) is 9.32. The Morgan fingerprint density at radius 2 is 2.00 bits per heavy atom. The van der Waals surface area contributed by atoms with Gasteiger partial charge >= 0.3 is 0 Å². The molecule has 2 aliphatic rings. The van der Waals surface area contributed by atoms with E-state index in [2.05, 4.69) is 4.90 Å². The SMILES string of the molecule is O=C(CN1CCC(O)C1)C1CCCC1. The molecule has 3 nitrogen and oxygen atoms in total. The van der Waals surface area contributed by atoms with Gasteiger partial charge in [-0.05, 0) is 19.3 Å². The number of carbonyl (C=O) groups excluding carboxylic acids is 1. The normalized spacial score (nSPS) is 29.9. The van der Waals surface area contributed by atoms with Crippen molar-refractivity contribution in [3.8, 4) is 0 Å². The first kappa shape index (κ1) is 10.1. The minimum atomic E-state index is -0.202. The molecule has 2 rings (SSSR count). The van der Waals surface area contributed by atoms with Crippen LogP contribution in [0.5, 0.6) is 0 Å². The summed E-state index contributed by atoms with van der Waals surface area (Å²) in [4.78, 5) is 13.9. The van der Waals surface area contributed by atoms with Crippen LogP contribution < -0.4 is 0 Å². The van der Waals surface area contributed by atoms with Gasteiger partial charge in [-0.1, -0.05) is 12.8 Å². The zero-order valence-corrected chi connectivity index (χ0v) is 8.61. The van der Waals surface area contributed by atoms with Gasteiger partial charge in [0.25, 0.3) is 0 Å². The molecular weight excluding hydrogens is 178 g/mol. The van der Waals surface area contributed by atoms with E-state index in [1.807, 2.05) is 0 Å². The fourth-order valence-corrected chi connectivity index (χ4v) is 2.55. The molecule has 80 valence electrons. The van der Waals surface area contributed by atoms with Gasteiger partial charge in [-0.25, -0.2) is 0 Å². The second kappa shape index (κ2) is 4.41. The first-order valence-corrected chi connectivity index (χ1v) is 5.69. The number of aliphatic hydroxyl groups excluding tert-OH is 1. The summed E-state index contributed by atoms with van der Waals surface area (Å²) in [5.41, 5.74) is 0. The number of hydrogen-bond donors (Lipinski definition) is 1. The first-order valence-electron chi connectivity index (χ1n) is 5.69. The van der Waals surface area contributed by atoms with Gasteiger partial charge in [0, 0.05) is 19.0 Å². The van der Waals surface area contributed by atoms with E-state index < -0.39 is 0 Å². The molecule has 1 aliphatic carbocycles. The Morgan fingerprint density at radius 1 is 1.29 bits per heavy atom. The van der Waals surface area contributed by atoms with Crippen LogP contribution >= 0.6 is 0 Å². The smallest absolute Gasteiger partial charge is 0.149 e. The zero-order valence-electron chi connectivity index (χ0n) is 8.61. The van der Waals surface area contributed by atoms with Crippen molar-refractivity contribution in [3.05, 3.63) is 0 Å². The Morgan fingerprint density at radius 3 is 2.57 bits per heavy atom. The Bertz CT molecular complexity index is 211. The molecule has 0 aromatic rings. The lowest BCUT2D eigenvalue weighted by Gasteiger charge is -2.16. The van der Waals surface area contributed by atoms with Crippen LogP contribution in [0.3, 0.4) is 0 Å². The highest BCUT2D eigenvalue weighted by Gasteiger charge is 2.27. The average molecular weight is 197 g/mol. The minimum Gasteiger partial charge on any atom is -0.392 e. The molecule has 0 aromatic carbocycles. The summed E-state index contributed by atoms with van der Waals surface area (Å²) < 4.78 is 0. The Kier molecular flexibility index (Phi) is 3.19. The third-order valence-electron chi connectivity index (χ3n) is 3.44. The quantitative estimate of drug-likeness (QED) is 0.728. The number of Topliss-reactive ketones (excluding diaryl/α,β-unsaturated/α-hetero) is 1. The van der Waals surface area contributed by atoms with Crippen molar-refractivity contribution >= 4 is 5.78 Å². The standard InChI is InChI=1S/C11H19NO2/c13-10-5-6-12(7-10)8-11(14)9-3-1-2-4-9/h9-10,13H,1-8H2. The van der Waals surface area contributed by atoms with Crippen LogP contribution in [0.4, 0.5) is 0 Å². The van der Waals surface area contributed by atoms with Crippen LogP contribution in [0.25, 0.3) is 0 Å². The largest absolute Gasteiger partial charge is 0.392 e. The van der Waals surface area contributed by atoms with Crippen molar-refractivity contribution in [2.75, 3.05) is 19.6 Å². The second-order valence-corrected chi connectivity index (χ2v) is 4.63. The number of β-amino-alcohol motifs (C(OH)–C–C–N with tert-alkyl or cyclic N) is 1. The lowest BCUT2D eigenvalue weighted by molar-refractivity contribution is -0.123. The van der Waals surface area contributed by atoms with Crippen LogP contribution in [0, 0.1) is 5.92 Å². The number of ketones is 1. The third-order valence-corrected chi connectivity index (χ3v) is 3.44. The fourth-order valence-electron chi connectivity index (χ4n) is 2.55. The number of nitrogens with zero attached hydrogens (tertiary/aromatic N) is 1. The van der Waals surface area contributed by atoms with Crippen molar-refractivity contribution in [1.82, 2.24) is 4.90 Å². The molecule has 0 aromatic heterocycles. The van der Waals surface area contributed by atoms with Crippen LogP contribution in [0.2, 0.25) is 0 Å². The van der Waals surface area contributed by atoms with E-state index in [-0.39, 0.29) is 6.10 Å². The molecule has 0 bridgehead atoms. The van der Waals surface area contributed by atoms with Gasteiger partial charge in [-0.3, -0.25) is 9.69 Å². The predicted octanol–water partition coefficient (Wildman–Crippen LogP) is 0.812. The number of aliphatic hydroxyl groups is 1. The van der Waals surface area contributed by atoms with E-state index in [4.69, 9.17) is 0 Å². The highest BCUT2D eigenvalue weighted by atomic mass is 16.3. The van der Waals surface area contributed by atoms with Crippen molar-refractivity contribution in [3.63, 3.8) is 0 Å². The molecule has 1 aliphatic heterocycles. The second-order valence-electron chi connectivity index (χ2n) is 4.63. The minimum absolute atomic E-state index is 0.202. The molecule has 3 heteroatoms. The number of likely N-dealkylation sites (tertiary alicyclic amines) is 1. The lowest BCUT2D eigenvalue weighted by Crippen LogP contribution is -2.31. The molecule has 0 radical (unpaired) electrons. The van der Waals surface area contributed by atoms with Gasteiger partial charge in [0.05, 0.1) is 12.6 Å². The highest BCUT2D eigenvalue weighted by Crippen LogP contribution is 2.26. The fraction of sp³-hybridized carbons (Fsp3) is 0.909. The third kappa shape index (κ3) is 2.34. The molecule has 1 saturated carbocycles. The van der Waals surface area contributed by atoms with Crippen LogP contribution in [0.1, 0.15) is 32.1 Å². The maximum Gasteiger partial charge on any atom is 0.149 e. The summed E-state index contributed by atoms with van der Waals surface area (Å²) >= 11 is 0. The number of carbonyl (C=O) groups is 1. The summed E-state index contributed by atoms with van der Waals surface area (Å²) in [7, 11) is 0. The molecule has 1 atom stereocenters. The Labute approximate surface area is 85.1 Å². The van der Waals surface area contributed by atoms with Crippen molar-refractivity contribution < 1.29 is 9.90 Å². The van der Waals surface area contributed by atoms with Gasteiger partial charge < -0.3 is 5.11 Å². The molecular formula is C11H19NO2. The Balaban J connectivity index is 1.76. The predicted molar refractivity (Wildman–Crippen MR) is 54.0 cm³/mol. The molecule has 0 spiro atoms. The number of hydrogen-bond acceptors (Lipinski definition) is 3. The van der Waals surface area contributed by atoms with E-state index in [1.165, 1.54) is 12.8 Å². The Hall–Kier alpha value is -0.410. The van der Waals surface area contributed by atoms with Crippen LogP contribution in [0.15, 0.2) is 0 Å². The van der Waals surface area contributed by atoms with E-state index in [0.29, 0.717) is 24.8 Å². The lowest BCUT2D eigenvalue weighted by atomic mass is 10.0. The topological polar surface area (TPSA) is 40.5 Å². The average Bonchev–Trinajstić information content (AvgIpc) is 2.75. The molecule has 1 unspecified atom stereocenters. The molecule has 1 heterocycles. The highest BCUT2D eigenvalue weighted by molar-refractivity contribution is 5.83. The summed E-state index contributed by atoms with van der Waals surface area (Å²) in [6.07, 6.45) is 5.26. The molecule has 2 fully saturated rings. The number of rotatable bonds is 3. The summed E-state index contributed by atoms with van der Waals surface area (Å²) in [6.45, 7) is 2.15. The van der Waals surface area contributed by atoms with Gasteiger partial charge in [0.1, 0.15) is 5.78 Å². The molecule has 1 saturated heterocycles. The maximum atomic E-state index is 11.8. The van der Waals surface area contributed by atoms with Crippen molar-refractivity contribution in [2.24, 2.45) is 5.92 Å². The van der Waals surface area contributed by atoms with Crippen molar-refractivity contribution in [1.29, 1.82) is 0 Å². The van der Waals surface area contributed by atoms with Crippen LogP contribution in [-0.4, -0.2) is 41.5 Å².